The van der Waals surface area contributed by atoms with E-state index in [1.807, 2.05) is 0 Å². The normalized spacial score (nSPS) is 32.1. The third-order valence-electron chi connectivity index (χ3n) is 5.01. The summed E-state index contributed by atoms with van der Waals surface area (Å²) in [7, 11) is 0. The van der Waals surface area contributed by atoms with Gasteiger partial charge in [-0.3, -0.25) is 4.90 Å². The SMILES string of the molecule is C=CCOCC#CC1=C2CN3CCCCC3[C@]23OC(=O)C=C13. The van der Waals surface area contributed by atoms with Crippen LogP contribution in [0.1, 0.15) is 19.3 Å². The maximum atomic E-state index is 11.8. The first-order chi connectivity index (χ1) is 10.8. The molecule has 4 heteroatoms. The minimum absolute atomic E-state index is 0.223. The van der Waals surface area contributed by atoms with Gasteiger partial charge >= 0.3 is 5.97 Å². The molecule has 0 amide bonds. The maximum Gasteiger partial charge on any atom is 0.332 e. The number of carbonyl (C=O) groups excluding carboxylic acids is 1. The van der Waals surface area contributed by atoms with Crippen molar-refractivity contribution in [2.75, 3.05) is 26.3 Å². The van der Waals surface area contributed by atoms with E-state index in [4.69, 9.17) is 9.47 Å². The third-order valence-corrected chi connectivity index (χ3v) is 5.01. The summed E-state index contributed by atoms with van der Waals surface area (Å²) < 4.78 is 11.1. The molecule has 0 radical (unpaired) electrons. The van der Waals surface area contributed by atoms with E-state index in [0.717, 1.165) is 30.7 Å². The maximum absolute atomic E-state index is 11.8. The van der Waals surface area contributed by atoms with Crippen LogP contribution in [0.3, 0.4) is 0 Å². The highest BCUT2D eigenvalue weighted by atomic mass is 16.6. The molecule has 2 saturated heterocycles. The van der Waals surface area contributed by atoms with Crippen LogP contribution in [0.5, 0.6) is 0 Å². The number of hydrogen-bond acceptors (Lipinski definition) is 4. The Hall–Kier alpha value is -1.83. The number of esters is 1. The molecule has 0 N–H and O–H groups in total. The van der Waals surface area contributed by atoms with Crippen molar-refractivity contribution in [3.63, 3.8) is 0 Å². The van der Waals surface area contributed by atoms with Crippen molar-refractivity contribution in [2.24, 2.45) is 0 Å². The number of hydrogen-bond donors (Lipinski definition) is 0. The number of nitrogens with zero attached hydrogens (tertiary/aromatic N) is 1. The Morgan fingerprint density at radius 2 is 2.45 bits per heavy atom. The van der Waals surface area contributed by atoms with Gasteiger partial charge in [0.15, 0.2) is 5.60 Å². The molecular weight excluding hydrogens is 278 g/mol. The number of carbonyl (C=O) groups is 1. The lowest BCUT2D eigenvalue weighted by atomic mass is 9.67. The number of rotatable bonds is 3. The summed E-state index contributed by atoms with van der Waals surface area (Å²) in [5, 5.41) is 0. The molecule has 1 aliphatic carbocycles. The molecular formula is C18H19NO3. The van der Waals surface area contributed by atoms with Gasteiger partial charge in [-0.2, -0.15) is 0 Å². The number of piperidine rings is 1. The summed E-state index contributed by atoms with van der Waals surface area (Å²) in [5.74, 6) is 6.00. The molecule has 0 aromatic carbocycles. The molecule has 0 bridgehead atoms. The zero-order valence-electron chi connectivity index (χ0n) is 12.6. The lowest BCUT2D eigenvalue weighted by Crippen LogP contribution is -2.52. The fourth-order valence-corrected chi connectivity index (χ4v) is 4.19. The molecule has 0 saturated carbocycles. The molecule has 4 nitrogen and oxygen atoms in total. The van der Waals surface area contributed by atoms with E-state index >= 15 is 0 Å². The van der Waals surface area contributed by atoms with Crippen LogP contribution >= 0.6 is 0 Å². The molecule has 2 fully saturated rings. The molecule has 22 heavy (non-hydrogen) atoms. The summed E-state index contributed by atoms with van der Waals surface area (Å²) in [4.78, 5) is 14.3. The second-order valence-corrected chi connectivity index (χ2v) is 6.16. The first-order valence-corrected chi connectivity index (χ1v) is 7.88. The fraction of sp³-hybridized carbons (Fsp3) is 0.500. The molecule has 1 spiro atoms. The Morgan fingerprint density at radius 3 is 3.32 bits per heavy atom. The smallest absolute Gasteiger partial charge is 0.332 e. The van der Waals surface area contributed by atoms with E-state index < -0.39 is 5.60 Å². The van der Waals surface area contributed by atoms with E-state index in [1.54, 1.807) is 12.2 Å². The summed E-state index contributed by atoms with van der Waals surface area (Å²) in [6.07, 6.45) is 6.87. The van der Waals surface area contributed by atoms with Gasteiger partial charge in [0.1, 0.15) is 6.61 Å². The second-order valence-electron chi connectivity index (χ2n) is 6.16. The molecule has 3 aliphatic heterocycles. The minimum Gasteiger partial charge on any atom is -0.445 e. The number of ether oxygens (including phenoxy) is 2. The van der Waals surface area contributed by atoms with E-state index in [-0.39, 0.29) is 5.97 Å². The summed E-state index contributed by atoms with van der Waals surface area (Å²) >= 11 is 0. The average Bonchev–Trinajstić information content (AvgIpc) is 2.98. The van der Waals surface area contributed by atoms with Crippen LogP contribution in [0.15, 0.2) is 35.5 Å². The lowest BCUT2D eigenvalue weighted by Gasteiger charge is -2.43. The van der Waals surface area contributed by atoms with E-state index in [0.29, 0.717) is 19.3 Å². The van der Waals surface area contributed by atoms with Crippen LogP contribution in [0, 0.1) is 11.8 Å². The molecule has 0 aromatic rings. The van der Waals surface area contributed by atoms with Crippen LogP contribution in [-0.2, 0) is 14.3 Å². The van der Waals surface area contributed by atoms with Gasteiger partial charge in [0, 0.05) is 29.3 Å². The Kier molecular flexibility index (Phi) is 3.21. The Balaban J connectivity index is 1.63. The average molecular weight is 297 g/mol. The van der Waals surface area contributed by atoms with Crippen molar-refractivity contribution in [3.8, 4) is 11.8 Å². The van der Waals surface area contributed by atoms with Gasteiger partial charge in [-0.05, 0) is 19.4 Å². The van der Waals surface area contributed by atoms with Gasteiger partial charge in [-0.25, -0.2) is 4.79 Å². The molecule has 0 aromatic heterocycles. The van der Waals surface area contributed by atoms with Gasteiger partial charge in [-0.1, -0.05) is 24.3 Å². The summed E-state index contributed by atoms with van der Waals surface area (Å²) in [6, 6.07) is 0.316. The molecule has 3 heterocycles. The Labute approximate surface area is 130 Å². The predicted octanol–water partition coefficient (Wildman–Crippen LogP) is 1.59. The van der Waals surface area contributed by atoms with Crippen molar-refractivity contribution < 1.29 is 14.3 Å². The van der Waals surface area contributed by atoms with Crippen LogP contribution in [0.4, 0.5) is 0 Å². The zero-order valence-corrected chi connectivity index (χ0v) is 12.6. The fourth-order valence-electron chi connectivity index (χ4n) is 4.19. The molecule has 4 aliphatic rings. The van der Waals surface area contributed by atoms with Gasteiger partial charge in [0.05, 0.1) is 12.6 Å². The van der Waals surface area contributed by atoms with Crippen molar-refractivity contribution in [1.29, 1.82) is 0 Å². The van der Waals surface area contributed by atoms with Crippen LogP contribution in [0.2, 0.25) is 0 Å². The molecule has 2 atom stereocenters. The summed E-state index contributed by atoms with van der Waals surface area (Å²) in [6.45, 7) is 6.46. The highest BCUT2D eigenvalue weighted by Crippen LogP contribution is 2.58. The topological polar surface area (TPSA) is 38.8 Å². The van der Waals surface area contributed by atoms with Crippen LogP contribution in [0.25, 0.3) is 0 Å². The van der Waals surface area contributed by atoms with Crippen LogP contribution in [-0.4, -0.2) is 48.8 Å². The van der Waals surface area contributed by atoms with Crippen LogP contribution < -0.4 is 0 Å². The Morgan fingerprint density at radius 1 is 1.55 bits per heavy atom. The van der Waals surface area contributed by atoms with E-state index in [1.165, 1.54) is 18.4 Å². The quantitative estimate of drug-likeness (QED) is 0.343. The molecule has 1 unspecified atom stereocenters. The monoisotopic (exact) mass is 297 g/mol. The van der Waals surface area contributed by atoms with Crippen molar-refractivity contribution in [1.82, 2.24) is 4.90 Å². The van der Waals surface area contributed by atoms with Crippen molar-refractivity contribution >= 4 is 5.97 Å². The second kappa shape index (κ2) is 5.12. The van der Waals surface area contributed by atoms with Gasteiger partial charge in [0.25, 0.3) is 0 Å². The van der Waals surface area contributed by atoms with E-state index in [9.17, 15) is 4.79 Å². The highest BCUT2D eigenvalue weighted by Gasteiger charge is 2.66. The third kappa shape index (κ3) is 1.76. The minimum atomic E-state index is -0.469. The zero-order chi connectivity index (χ0) is 15.2. The van der Waals surface area contributed by atoms with E-state index in [2.05, 4.69) is 23.3 Å². The highest BCUT2D eigenvalue weighted by molar-refractivity contribution is 5.94. The number of fused-ring (bicyclic) bond motifs is 1. The predicted molar refractivity (Wildman–Crippen MR) is 81.9 cm³/mol. The van der Waals surface area contributed by atoms with Gasteiger partial charge in [0.2, 0.25) is 0 Å². The van der Waals surface area contributed by atoms with Crippen molar-refractivity contribution in [3.05, 3.63) is 35.5 Å². The largest absolute Gasteiger partial charge is 0.445 e. The summed E-state index contributed by atoms with van der Waals surface area (Å²) in [5.41, 5.74) is 2.73. The van der Waals surface area contributed by atoms with Gasteiger partial charge in [-0.15, -0.1) is 6.58 Å². The molecule has 4 rings (SSSR count). The van der Waals surface area contributed by atoms with Crippen molar-refractivity contribution in [2.45, 2.75) is 30.9 Å². The standard InChI is InChI=1S/C18H19NO3/c1-2-9-21-10-5-6-13-14-11-17(20)22-18(14)15(13)12-19-8-4-3-7-16(18)19/h2,11,16H,1,3-4,7-10,12H2/t16?,18-/m1/s1. The molecule has 114 valence electrons. The Bertz CT molecular complexity index is 664. The first-order valence-electron chi connectivity index (χ1n) is 7.88. The van der Waals surface area contributed by atoms with Gasteiger partial charge < -0.3 is 9.47 Å². The lowest BCUT2D eigenvalue weighted by molar-refractivity contribution is -0.146. The first kappa shape index (κ1) is 13.8.